The molecule has 218 valence electrons. The summed E-state index contributed by atoms with van der Waals surface area (Å²) in [4.78, 5) is 0. The van der Waals surface area contributed by atoms with E-state index in [4.69, 9.17) is 0 Å². The average Bonchev–Trinajstić information content (AvgIpc) is 3.56. The standard InChI is InChI=1S/2C13H13.2C6H5.2ClH.H2Si.Zr/c2*1-10-8-11(2)13(9-10)12-6-4-3-5-7-12;2*1-2-4-6-5-3-1;;;;/h2*3-7,9-10H,1-2H3;2*1-5H;2*1H;1H2;/q4*-1;;;;. The molecule has 0 amide bonds. The number of allylic oxidation sites excluding steroid dienone is 8. The Morgan fingerprint density at radius 3 is 0.976 bits per heavy atom. The summed E-state index contributed by atoms with van der Waals surface area (Å²) in [5.74, 6) is 0.936. The quantitative estimate of drug-likeness (QED) is 0.146. The second-order valence-corrected chi connectivity index (χ2v) is 9.16. The summed E-state index contributed by atoms with van der Waals surface area (Å²) in [6.07, 6.45) is 11.3. The molecule has 2 aliphatic carbocycles. The first-order chi connectivity index (χ1) is 19.5. The van der Waals surface area contributed by atoms with Crippen molar-refractivity contribution in [3.63, 3.8) is 0 Å². The Bertz CT molecular complexity index is 1190. The van der Waals surface area contributed by atoms with E-state index in [9.17, 15) is 0 Å². The van der Waals surface area contributed by atoms with Gasteiger partial charge in [-0.1, -0.05) is 100 Å². The summed E-state index contributed by atoms with van der Waals surface area (Å²) in [6, 6.07) is 46.0. The van der Waals surface area contributed by atoms with E-state index in [1.54, 1.807) is 23.3 Å². The average molecular weight is 687 g/mol. The molecule has 0 radical (unpaired) electrons. The van der Waals surface area contributed by atoms with Gasteiger partial charge in [0.05, 0.1) is 0 Å². The summed E-state index contributed by atoms with van der Waals surface area (Å²) in [7, 11) is 0. The molecule has 42 heavy (non-hydrogen) atoms. The van der Waals surface area contributed by atoms with Gasteiger partial charge in [-0.25, -0.2) is 11.1 Å². The predicted molar refractivity (Wildman–Crippen MR) is 186 cm³/mol. The van der Waals surface area contributed by atoms with E-state index in [2.05, 4.69) is 113 Å². The van der Waals surface area contributed by atoms with Gasteiger partial charge < -0.3 is 0 Å². The summed E-state index contributed by atoms with van der Waals surface area (Å²) < 4.78 is 0. The van der Waals surface area contributed by atoms with Crippen molar-refractivity contribution in [2.45, 2.75) is 27.7 Å². The van der Waals surface area contributed by atoms with E-state index in [1.165, 1.54) is 33.4 Å². The third-order valence-electron chi connectivity index (χ3n) is 5.91. The molecule has 2 aliphatic rings. The van der Waals surface area contributed by atoms with Gasteiger partial charge >= 0.3 is 30.2 Å². The zero-order valence-electron chi connectivity index (χ0n) is 24.9. The van der Waals surface area contributed by atoms with E-state index in [0.29, 0.717) is 11.8 Å². The van der Waals surface area contributed by atoms with Crippen molar-refractivity contribution in [3.8, 4) is 0 Å². The van der Waals surface area contributed by atoms with Crippen molar-refractivity contribution in [1.82, 2.24) is 0 Å². The number of hydrogen-bond donors (Lipinski definition) is 0. The van der Waals surface area contributed by atoms with E-state index in [1.807, 2.05) is 79.7 Å². The summed E-state index contributed by atoms with van der Waals surface area (Å²) in [5.41, 5.74) is 7.84. The minimum Gasteiger partial charge on any atom is -0.184 e. The van der Waals surface area contributed by atoms with Gasteiger partial charge in [0.1, 0.15) is 0 Å². The van der Waals surface area contributed by atoms with Gasteiger partial charge in [0, 0.05) is 0 Å². The first kappa shape index (κ1) is 39.5. The predicted octanol–water partition coefficient (Wildman–Crippen LogP) is 9.84. The first-order valence-electron chi connectivity index (χ1n) is 13.5. The second kappa shape index (κ2) is 24.0. The number of halogens is 2. The molecular formula is C38H40Cl2SiZr-4. The summed E-state index contributed by atoms with van der Waals surface area (Å²) >= 11 is 1.58. The summed E-state index contributed by atoms with van der Waals surface area (Å²) in [5, 5.41) is 0. The Balaban J connectivity index is 0.000000543. The van der Waals surface area contributed by atoms with Crippen LogP contribution < -0.4 is 0 Å². The van der Waals surface area contributed by atoms with Crippen molar-refractivity contribution in [2.75, 3.05) is 0 Å². The third kappa shape index (κ3) is 15.1. The molecule has 0 fully saturated rings. The molecule has 4 aromatic carbocycles. The van der Waals surface area contributed by atoms with Crippen LogP contribution in [0.5, 0.6) is 0 Å². The van der Waals surface area contributed by atoms with Crippen LogP contribution in [0.4, 0.5) is 0 Å². The van der Waals surface area contributed by atoms with Gasteiger partial charge in [0.2, 0.25) is 0 Å². The molecule has 0 bridgehead atoms. The Kier molecular flexibility index (Phi) is 22.6. The van der Waals surface area contributed by atoms with Gasteiger partial charge in [-0.3, -0.25) is 12.2 Å². The topological polar surface area (TPSA) is 0 Å². The van der Waals surface area contributed by atoms with E-state index in [0.717, 1.165) is 0 Å². The SMILES string of the molecule is CC1=[C-]C(C)C=C1c1ccccc1.CC1=[C-]C(C)C=C1c1ccccc1.Cl.Cl.[SiH2]=[Zr].[c-]1ccccc1.[c-]1ccccc1. The molecule has 0 aromatic heterocycles. The maximum atomic E-state index is 3.39. The van der Waals surface area contributed by atoms with E-state index < -0.39 is 0 Å². The molecule has 2 atom stereocenters. The van der Waals surface area contributed by atoms with Crippen molar-refractivity contribution < 1.29 is 23.3 Å². The molecule has 2 unspecified atom stereocenters. The zero-order valence-corrected chi connectivity index (χ0v) is 30.4. The van der Waals surface area contributed by atoms with Crippen LogP contribution in [0.25, 0.3) is 11.1 Å². The number of benzene rings is 4. The van der Waals surface area contributed by atoms with Gasteiger partial charge in [0.15, 0.2) is 0 Å². The van der Waals surface area contributed by atoms with Crippen molar-refractivity contribution in [1.29, 1.82) is 0 Å². The van der Waals surface area contributed by atoms with Crippen molar-refractivity contribution in [3.05, 3.63) is 180 Å². The molecule has 0 N–H and O–H groups in total. The fourth-order valence-corrected chi connectivity index (χ4v) is 4.22. The minimum atomic E-state index is 0. The Labute approximate surface area is 283 Å². The third-order valence-corrected chi connectivity index (χ3v) is 5.91. The normalized spacial score (nSPS) is 15.5. The molecule has 0 saturated carbocycles. The van der Waals surface area contributed by atoms with E-state index in [-0.39, 0.29) is 24.8 Å². The molecule has 0 heterocycles. The van der Waals surface area contributed by atoms with Gasteiger partial charge in [0.25, 0.3) is 0 Å². The molecule has 0 spiro atoms. The van der Waals surface area contributed by atoms with Crippen molar-refractivity contribution >= 4 is 42.8 Å². The largest absolute Gasteiger partial charge is 0.184 e. The number of rotatable bonds is 2. The number of hydrogen-bond acceptors (Lipinski definition) is 0. The van der Waals surface area contributed by atoms with Crippen LogP contribution in [0.15, 0.2) is 145 Å². The monoisotopic (exact) mass is 684 g/mol. The van der Waals surface area contributed by atoms with Crippen LogP contribution in [0.3, 0.4) is 0 Å². The molecule has 6 rings (SSSR count). The van der Waals surface area contributed by atoms with Crippen LogP contribution in [0.2, 0.25) is 0 Å². The van der Waals surface area contributed by atoms with Crippen molar-refractivity contribution in [2.24, 2.45) is 11.8 Å². The first-order valence-corrected chi connectivity index (χ1v) is 19.4. The molecule has 0 saturated heterocycles. The molecule has 4 aromatic rings. The minimum absolute atomic E-state index is 0. The second-order valence-electron chi connectivity index (χ2n) is 9.16. The van der Waals surface area contributed by atoms with Crippen LogP contribution in [0.1, 0.15) is 38.8 Å². The molecule has 0 aliphatic heterocycles. The molecular weight excluding hydrogens is 647 g/mol. The smallest absolute Gasteiger partial charge is 0.171 e. The zero-order chi connectivity index (χ0) is 29.0. The van der Waals surface area contributed by atoms with E-state index >= 15 is 0 Å². The Hall–Kier alpha value is -2.48. The summed E-state index contributed by atoms with van der Waals surface area (Å²) in [6.45, 7) is 10.5. The van der Waals surface area contributed by atoms with Gasteiger partial charge in [-0.15, -0.1) is 35.9 Å². The van der Waals surface area contributed by atoms with Crippen LogP contribution >= 0.6 is 24.8 Å². The van der Waals surface area contributed by atoms with Crippen LogP contribution in [-0.4, -0.2) is 6.88 Å². The Morgan fingerprint density at radius 1 is 0.500 bits per heavy atom. The maximum Gasteiger partial charge on any atom is -0.171 e. The fraction of sp³-hybridized carbons (Fsp3) is 0.158. The van der Waals surface area contributed by atoms with Crippen LogP contribution in [0, 0.1) is 36.1 Å². The Morgan fingerprint density at radius 2 is 0.786 bits per heavy atom. The van der Waals surface area contributed by atoms with Gasteiger partial charge in [-0.05, 0) is 0 Å². The van der Waals surface area contributed by atoms with Gasteiger partial charge in [-0.2, -0.15) is 96.1 Å². The van der Waals surface area contributed by atoms with Crippen LogP contribution in [-0.2, 0) is 23.3 Å². The fourth-order valence-electron chi connectivity index (χ4n) is 4.22. The maximum absolute atomic E-state index is 3.39. The molecule has 4 heteroatoms. The molecule has 0 nitrogen and oxygen atoms in total.